The van der Waals surface area contributed by atoms with Gasteiger partial charge in [0.05, 0.1) is 23.4 Å². The van der Waals surface area contributed by atoms with Crippen LogP contribution in [0.1, 0.15) is 57.3 Å². The molecule has 1 aliphatic carbocycles. The molecule has 0 aliphatic heterocycles. The van der Waals surface area contributed by atoms with Gasteiger partial charge in [-0.05, 0) is 73.7 Å². The normalized spacial score (nSPS) is 14.0. The van der Waals surface area contributed by atoms with Crippen molar-refractivity contribution in [2.24, 2.45) is 5.92 Å². The van der Waals surface area contributed by atoms with Crippen molar-refractivity contribution in [3.8, 4) is 11.8 Å². The number of aryl methyl sites for hydroxylation is 1. The van der Waals surface area contributed by atoms with Crippen LogP contribution in [0.3, 0.4) is 0 Å². The Morgan fingerprint density at radius 1 is 1.05 bits per heavy atom. The van der Waals surface area contributed by atoms with E-state index >= 15 is 0 Å². The summed E-state index contributed by atoms with van der Waals surface area (Å²) < 4.78 is 41.5. The van der Waals surface area contributed by atoms with Crippen molar-refractivity contribution in [3.05, 3.63) is 113 Å². The van der Waals surface area contributed by atoms with Gasteiger partial charge < -0.3 is 10.6 Å². The molecule has 2 N–H and O–H groups in total. The van der Waals surface area contributed by atoms with Crippen LogP contribution in [-0.4, -0.2) is 22.2 Å². The third-order valence-electron chi connectivity index (χ3n) is 6.65. The Hall–Kier alpha value is -4.42. The lowest BCUT2D eigenvalue weighted by Crippen LogP contribution is -2.25. The van der Waals surface area contributed by atoms with Crippen molar-refractivity contribution >= 4 is 11.6 Å². The van der Waals surface area contributed by atoms with E-state index in [9.17, 15) is 23.2 Å². The lowest BCUT2D eigenvalue weighted by atomic mass is 9.97. The first-order chi connectivity index (χ1) is 18.7. The van der Waals surface area contributed by atoms with Gasteiger partial charge >= 0.3 is 6.18 Å². The second-order valence-corrected chi connectivity index (χ2v) is 9.76. The molecule has 3 aromatic carbocycles. The standard InChI is InChI=1S/C30H26F3N5O/c1-19-8-12-22(13-9-19)28(35-18-20-10-11-20)23-5-3-6-24(15-23)36-29(39)26-16-27(30(31,32)33)37-38(26)25-7-2-4-21(14-25)17-34/h2-9,12-16,20,28,35H,10-11,18H2,1H3,(H,36,39). The average molecular weight is 530 g/mol. The number of anilines is 1. The predicted molar refractivity (Wildman–Crippen MR) is 141 cm³/mol. The van der Waals surface area contributed by atoms with Gasteiger partial charge in [-0.3, -0.25) is 4.79 Å². The molecule has 6 nitrogen and oxygen atoms in total. The smallest absolute Gasteiger partial charge is 0.321 e. The molecule has 9 heteroatoms. The molecule has 39 heavy (non-hydrogen) atoms. The Morgan fingerprint density at radius 3 is 2.49 bits per heavy atom. The van der Waals surface area contributed by atoms with Crippen molar-refractivity contribution in [1.29, 1.82) is 5.26 Å². The number of nitrogens with zero attached hydrogens (tertiary/aromatic N) is 3. The Balaban J connectivity index is 1.45. The largest absolute Gasteiger partial charge is 0.435 e. The highest BCUT2D eigenvalue weighted by molar-refractivity contribution is 6.03. The van der Waals surface area contributed by atoms with E-state index in [2.05, 4.69) is 27.9 Å². The molecule has 1 atom stereocenters. The zero-order valence-electron chi connectivity index (χ0n) is 21.2. The van der Waals surface area contributed by atoms with Crippen LogP contribution in [0.2, 0.25) is 0 Å². The molecule has 1 fully saturated rings. The summed E-state index contributed by atoms with van der Waals surface area (Å²) in [4.78, 5) is 13.3. The quantitative estimate of drug-likeness (QED) is 0.276. The number of amides is 1. The molecule has 0 bridgehead atoms. The zero-order chi connectivity index (χ0) is 27.6. The molecule has 1 amide bonds. The minimum atomic E-state index is -4.75. The van der Waals surface area contributed by atoms with Crippen LogP contribution in [0.25, 0.3) is 5.69 Å². The van der Waals surface area contributed by atoms with Crippen LogP contribution in [0.4, 0.5) is 18.9 Å². The van der Waals surface area contributed by atoms with Gasteiger partial charge in [-0.2, -0.15) is 23.5 Å². The Labute approximate surface area is 224 Å². The van der Waals surface area contributed by atoms with Crippen LogP contribution >= 0.6 is 0 Å². The van der Waals surface area contributed by atoms with Crippen molar-refractivity contribution in [3.63, 3.8) is 0 Å². The molecule has 1 heterocycles. The third-order valence-corrected chi connectivity index (χ3v) is 6.65. The van der Waals surface area contributed by atoms with Crippen molar-refractivity contribution in [2.75, 3.05) is 11.9 Å². The number of halogens is 3. The lowest BCUT2D eigenvalue weighted by molar-refractivity contribution is -0.141. The van der Waals surface area contributed by atoms with Gasteiger partial charge in [0, 0.05) is 11.8 Å². The second kappa shape index (κ2) is 10.8. The molecule has 1 aromatic heterocycles. The Kier molecular flexibility index (Phi) is 7.22. The van der Waals surface area contributed by atoms with E-state index in [-0.39, 0.29) is 23.0 Å². The predicted octanol–water partition coefficient (Wildman–Crippen LogP) is 6.41. The van der Waals surface area contributed by atoms with E-state index in [1.54, 1.807) is 12.1 Å². The molecule has 0 spiro atoms. The van der Waals surface area contributed by atoms with E-state index in [1.807, 2.05) is 37.3 Å². The third kappa shape index (κ3) is 6.19. The molecule has 1 aliphatic rings. The maximum absolute atomic E-state index is 13.5. The number of aromatic nitrogens is 2. The van der Waals surface area contributed by atoms with Crippen LogP contribution in [0, 0.1) is 24.2 Å². The molecule has 0 radical (unpaired) electrons. The molecular weight excluding hydrogens is 503 g/mol. The summed E-state index contributed by atoms with van der Waals surface area (Å²) in [6.07, 6.45) is -2.34. The number of hydrogen-bond acceptors (Lipinski definition) is 4. The molecule has 1 saturated carbocycles. The summed E-state index contributed by atoms with van der Waals surface area (Å²) in [5, 5.41) is 19.2. The molecule has 1 unspecified atom stereocenters. The van der Waals surface area contributed by atoms with Gasteiger partial charge in [-0.25, -0.2) is 4.68 Å². The van der Waals surface area contributed by atoms with Crippen LogP contribution in [-0.2, 0) is 6.18 Å². The monoisotopic (exact) mass is 529 g/mol. The fourth-order valence-corrected chi connectivity index (χ4v) is 4.37. The maximum atomic E-state index is 13.5. The Morgan fingerprint density at radius 2 is 1.79 bits per heavy atom. The van der Waals surface area contributed by atoms with Crippen molar-refractivity contribution in [1.82, 2.24) is 15.1 Å². The summed E-state index contributed by atoms with van der Waals surface area (Å²) in [7, 11) is 0. The number of nitrogens with one attached hydrogen (secondary N) is 2. The van der Waals surface area contributed by atoms with E-state index < -0.39 is 17.8 Å². The maximum Gasteiger partial charge on any atom is 0.435 e. The number of hydrogen-bond donors (Lipinski definition) is 2. The van der Waals surface area contributed by atoms with E-state index in [0.29, 0.717) is 17.7 Å². The minimum Gasteiger partial charge on any atom is -0.321 e. The SMILES string of the molecule is Cc1ccc(C(NCC2CC2)c2cccc(NC(=O)c3cc(C(F)(F)F)nn3-c3cccc(C#N)c3)c2)cc1. The van der Waals surface area contributed by atoms with E-state index in [4.69, 9.17) is 0 Å². The second-order valence-electron chi connectivity index (χ2n) is 9.76. The van der Waals surface area contributed by atoms with Gasteiger partial charge in [-0.15, -0.1) is 0 Å². The number of benzene rings is 3. The summed E-state index contributed by atoms with van der Waals surface area (Å²) in [6.45, 7) is 2.90. The number of alkyl halides is 3. The number of rotatable bonds is 8. The van der Waals surface area contributed by atoms with Gasteiger partial charge in [-0.1, -0.05) is 48.0 Å². The highest BCUT2D eigenvalue weighted by Crippen LogP contribution is 2.32. The van der Waals surface area contributed by atoms with Crippen molar-refractivity contribution < 1.29 is 18.0 Å². The van der Waals surface area contributed by atoms with Crippen LogP contribution < -0.4 is 10.6 Å². The van der Waals surface area contributed by atoms with Gasteiger partial charge in [0.15, 0.2) is 5.69 Å². The Bertz CT molecular complexity index is 1530. The summed E-state index contributed by atoms with van der Waals surface area (Å²) >= 11 is 0. The highest BCUT2D eigenvalue weighted by atomic mass is 19.4. The molecule has 198 valence electrons. The molecule has 5 rings (SSSR count). The first kappa shape index (κ1) is 26.2. The summed E-state index contributed by atoms with van der Waals surface area (Å²) in [5.74, 6) is -0.0983. The number of carbonyl (C=O) groups is 1. The van der Waals surface area contributed by atoms with Gasteiger partial charge in [0.1, 0.15) is 5.69 Å². The zero-order valence-corrected chi connectivity index (χ0v) is 21.2. The summed E-state index contributed by atoms with van der Waals surface area (Å²) in [6, 6.07) is 24.0. The topological polar surface area (TPSA) is 82.7 Å². The average Bonchev–Trinajstić information content (AvgIpc) is 3.63. The molecule has 4 aromatic rings. The number of nitriles is 1. The van der Waals surface area contributed by atoms with Crippen LogP contribution in [0.15, 0.2) is 78.9 Å². The van der Waals surface area contributed by atoms with Crippen LogP contribution in [0.5, 0.6) is 0 Å². The van der Waals surface area contributed by atoms with E-state index in [1.165, 1.54) is 37.1 Å². The minimum absolute atomic E-state index is 0.112. The van der Waals surface area contributed by atoms with E-state index in [0.717, 1.165) is 27.9 Å². The number of carbonyl (C=O) groups excluding carboxylic acids is 1. The van der Waals surface area contributed by atoms with Gasteiger partial charge in [0.2, 0.25) is 0 Å². The highest BCUT2D eigenvalue weighted by Gasteiger charge is 2.36. The first-order valence-electron chi connectivity index (χ1n) is 12.6. The lowest BCUT2D eigenvalue weighted by Gasteiger charge is -2.21. The summed E-state index contributed by atoms with van der Waals surface area (Å²) in [5.41, 5.74) is 2.49. The van der Waals surface area contributed by atoms with Gasteiger partial charge in [0.25, 0.3) is 5.91 Å². The molecular formula is C30H26F3N5O. The first-order valence-corrected chi connectivity index (χ1v) is 12.6. The fourth-order valence-electron chi connectivity index (χ4n) is 4.37. The van der Waals surface area contributed by atoms with Crippen molar-refractivity contribution in [2.45, 2.75) is 32.0 Å². The fraction of sp³-hybridized carbons (Fsp3) is 0.233. The molecule has 0 saturated heterocycles.